The third-order valence-corrected chi connectivity index (χ3v) is 8.00. The van der Waals surface area contributed by atoms with Gasteiger partial charge in [-0.15, -0.1) is 11.8 Å². The number of carbonyl (C=O) groups excluding carboxylic acids is 2. The Kier molecular flexibility index (Phi) is 12.3. The summed E-state index contributed by atoms with van der Waals surface area (Å²) in [6, 6.07) is 22.1. The van der Waals surface area contributed by atoms with Gasteiger partial charge < -0.3 is 10.2 Å². The molecule has 4 nitrogen and oxygen atoms in total. The third kappa shape index (κ3) is 9.85. The van der Waals surface area contributed by atoms with Crippen molar-refractivity contribution in [3.8, 4) is 0 Å². The van der Waals surface area contributed by atoms with Crippen LogP contribution in [0.15, 0.2) is 77.7 Å². The Balaban J connectivity index is 1.80. The van der Waals surface area contributed by atoms with E-state index >= 15 is 0 Å². The number of thioether (sulfide) groups is 1. The lowest BCUT2D eigenvalue weighted by atomic mass is 10.0. The maximum Gasteiger partial charge on any atom is 0.243 e. The Hall–Kier alpha value is -2.18. The molecule has 38 heavy (non-hydrogen) atoms. The molecule has 3 aromatic rings. The van der Waals surface area contributed by atoms with Crippen molar-refractivity contribution < 1.29 is 9.59 Å². The fraction of sp³-hybridized carbons (Fsp3) is 0.333. The van der Waals surface area contributed by atoms with E-state index in [2.05, 4.69) is 5.32 Å². The number of rotatable bonds is 13. The van der Waals surface area contributed by atoms with Gasteiger partial charge in [0, 0.05) is 35.8 Å². The average molecular weight is 592 g/mol. The summed E-state index contributed by atoms with van der Waals surface area (Å²) in [5.41, 5.74) is 1.81. The SMILES string of the molecule is CC(C)CNC(=O)[C@H](Cc1ccccc1)N(Cc1ccc(Cl)c(Cl)c1)C(=O)CCCSc1ccc(Cl)cc1. The first-order valence-electron chi connectivity index (χ1n) is 12.7. The molecule has 3 aromatic carbocycles. The van der Waals surface area contributed by atoms with Crippen molar-refractivity contribution >= 4 is 58.4 Å². The van der Waals surface area contributed by atoms with Crippen LogP contribution in [0.5, 0.6) is 0 Å². The number of hydrogen-bond acceptors (Lipinski definition) is 3. The zero-order valence-electron chi connectivity index (χ0n) is 21.6. The van der Waals surface area contributed by atoms with Gasteiger partial charge in [0.1, 0.15) is 6.04 Å². The van der Waals surface area contributed by atoms with E-state index in [4.69, 9.17) is 34.8 Å². The molecule has 0 aliphatic rings. The Labute approximate surface area is 245 Å². The predicted octanol–water partition coefficient (Wildman–Crippen LogP) is 7.93. The van der Waals surface area contributed by atoms with Crippen molar-refractivity contribution in [2.45, 2.75) is 50.6 Å². The van der Waals surface area contributed by atoms with Gasteiger partial charge in [0.15, 0.2) is 0 Å². The molecule has 0 aliphatic carbocycles. The zero-order valence-corrected chi connectivity index (χ0v) is 24.7. The average Bonchev–Trinajstić information content (AvgIpc) is 2.90. The van der Waals surface area contributed by atoms with Gasteiger partial charge in [0.25, 0.3) is 0 Å². The molecule has 202 valence electrons. The minimum absolute atomic E-state index is 0.0755. The number of nitrogens with zero attached hydrogens (tertiary/aromatic N) is 1. The second-order valence-corrected chi connectivity index (χ2v) is 11.9. The summed E-state index contributed by atoms with van der Waals surface area (Å²) in [5, 5.41) is 4.60. The monoisotopic (exact) mass is 590 g/mol. The van der Waals surface area contributed by atoms with Crippen LogP contribution in [0.3, 0.4) is 0 Å². The van der Waals surface area contributed by atoms with Crippen LogP contribution in [0.2, 0.25) is 15.1 Å². The van der Waals surface area contributed by atoms with Gasteiger partial charge in [0.2, 0.25) is 11.8 Å². The molecule has 0 saturated carbocycles. The fourth-order valence-corrected chi connectivity index (χ4v) is 5.20. The molecule has 0 saturated heterocycles. The number of benzene rings is 3. The lowest BCUT2D eigenvalue weighted by Crippen LogP contribution is -2.51. The Morgan fingerprint density at radius 2 is 1.61 bits per heavy atom. The standard InChI is InChI=1S/C30H33Cl3N2O2S/c1-21(2)19-34-30(37)28(18-22-7-4-3-5-8-22)35(20-23-10-15-26(32)27(33)17-23)29(36)9-6-16-38-25-13-11-24(31)12-14-25/h3-5,7-8,10-15,17,21,28H,6,9,16,18-20H2,1-2H3,(H,34,37)/t28-/m0/s1. The first-order valence-corrected chi connectivity index (χ1v) is 14.8. The lowest BCUT2D eigenvalue weighted by Gasteiger charge is -2.32. The number of carbonyl (C=O) groups is 2. The summed E-state index contributed by atoms with van der Waals surface area (Å²) in [6.45, 7) is 4.89. The van der Waals surface area contributed by atoms with E-state index in [1.54, 1.807) is 28.8 Å². The normalized spacial score (nSPS) is 11.8. The van der Waals surface area contributed by atoms with E-state index in [1.807, 2.05) is 74.5 Å². The molecule has 0 radical (unpaired) electrons. The molecule has 0 heterocycles. The van der Waals surface area contributed by atoms with Crippen LogP contribution in [-0.4, -0.2) is 35.1 Å². The molecule has 0 aromatic heterocycles. The van der Waals surface area contributed by atoms with Crippen LogP contribution in [0.1, 0.15) is 37.8 Å². The quantitative estimate of drug-likeness (QED) is 0.162. The fourth-order valence-electron chi connectivity index (χ4n) is 3.90. The van der Waals surface area contributed by atoms with Gasteiger partial charge >= 0.3 is 0 Å². The molecule has 1 N–H and O–H groups in total. The van der Waals surface area contributed by atoms with Gasteiger partial charge in [-0.1, -0.05) is 85.0 Å². The molecule has 0 bridgehead atoms. The van der Waals surface area contributed by atoms with Crippen molar-refractivity contribution in [2.75, 3.05) is 12.3 Å². The number of amides is 2. The molecule has 0 unspecified atom stereocenters. The summed E-state index contributed by atoms with van der Waals surface area (Å²) < 4.78 is 0. The van der Waals surface area contributed by atoms with Crippen LogP contribution in [0.4, 0.5) is 0 Å². The number of nitrogens with one attached hydrogen (secondary N) is 1. The van der Waals surface area contributed by atoms with Crippen molar-refractivity contribution in [3.63, 3.8) is 0 Å². The molecule has 8 heteroatoms. The molecular formula is C30H33Cl3N2O2S. The van der Waals surface area contributed by atoms with E-state index in [0.717, 1.165) is 21.8 Å². The smallest absolute Gasteiger partial charge is 0.243 e. The largest absolute Gasteiger partial charge is 0.354 e. The number of halogens is 3. The minimum Gasteiger partial charge on any atom is -0.354 e. The first kappa shape index (κ1) is 30.4. The van der Waals surface area contributed by atoms with Crippen LogP contribution < -0.4 is 5.32 Å². The lowest BCUT2D eigenvalue weighted by molar-refractivity contribution is -0.141. The Morgan fingerprint density at radius 1 is 0.895 bits per heavy atom. The topological polar surface area (TPSA) is 49.4 Å². The van der Waals surface area contributed by atoms with Gasteiger partial charge in [-0.25, -0.2) is 0 Å². The molecule has 0 aliphatic heterocycles. The van der Waals surface area contributed by atoms with Gasteiger partial charge in [-0.3, -0.25) is 9.59 Å². The highest BCUT2D eigenvalue weighted by Crippen LogP contribution is 2.25. The second-order valence-electron chi connectivity index (χ2n) is 9.52. The van der Waals surface area contributed by atoms with Crippen molar-refractivity contribution in [1.82, 2.24) is 10.2 Å². The van der Waals surface area contributed by atoms with E-state index in [0.29, 0.717) is 46.8 Å². The van der Waals surface area contributed by atoms with Crippen LogP contribution in [0, 0.1) is 5.92 Å². The third-order valence-electron chi connectivity index (χ3n) is 5.91. The predicted molar refractivity (Wildman–Crippen MR) is 160 cm³/mol. The van der Waals surface area contributed by atoms with Crippen molar-refractivity contribution in [2.24, 2.45) is 5.92 Å². The Bertz CT molecular complexity index is 1190. The maximum atomic E-state index is 13.7. The zero-order chi connectivity index (χ0) is 27.5. The molecule has 0 fully saturated rings. The minimum atomic E-state index is -0.665. The van der Waals surface area contributed by atoms with E-state index in [9.17, 15) is 9.59 Å². The maximum absolute atomic E-state index is 13.7. The van der Waals surface area contributed by atoms with Gasteiger partial charge in [-0.05, 0) is 65.6 Å². The highest BCUT2D eigenvalue weighted by atomic mass is 35.5. The number of hydrogen-bond donors (Lipinski definition) is 1. The second kappa shape index (κ2) is 15.4. The summed E-state index contributed by atoms with van der Waals surface area (Å²) in [4.78, 5) is 30.0. The van der Waals surface area contributed by atoms with E-state index in [1.165, 1.54) is 0 Å². The molecule has 1 atom stereocenters. The van der Waals surface area contributed by atoms with Crippen molar-refractivity contribution in [3.05, 3.63) is 99.0 Å². The molecule has 3 rings (SSSR count). The Morgan fingerprint density at radius 3 is 2.26 bits per heavy atom. The first-order chi connectivity index (χ1) is 18.2. The molecular weight excluding hydrogens is 559 g/mol. The van der Waals surface area contributed by atoms with Crippen LogP contribution in [-0.2, 0) is 22.6 Å². The van der Waals surface area contributed by atoms with Crippen LogP contribution in [0.25, 0.3) is 0 Å². The van der Waals surface area contributed by atoms with Crippen LogP contribution >= 0.6 is 46.6 Å². The summed E-state index contributed by atoms with van der Waals surface area (Å²) in [5.74, 6) is 0.831. The van der Waals surface area contributed by atoms with E-state index in [-0.39, 0.29) is 18.4 Å². The summed E-state index contributed by atoms with van der Waals surface area (Å²) in [7, 11) is 0. The molecule has 0 spiro atoms. The summed E-state index contributed by atoms with van der Waals surface area (Å²) in [6.07, 6.45) is 1.41. The highest BCUT2D eigenvalue weighted by Gasteiger charge is 2.30. The summed E-state index contributed by atoms with van der Waals surface area (Å²) >= 11 is 20.1. The highest BCUT2D eigenvalue weighted by molar-refractivity contribution is 7.99. The van der Waals surface area contributed by atoms with E-state index < -0.39 is 6.04 Å². The van der Waals surface area contributed by atoms with Crippen molar-refractivity contribution in [1.29, 1.82) is 0 Å². The van der Waals surface area contributed by atoms with Gasteiger partial charge in [-0.2, -0.15) is 0 Å². The molecule has 2 amide bonds. The van der Waals surface area contributed by atoms with Gasteiger partial charge in [0.05, 0.1) is 10.0 Å².